The predicted octanol–water partition coefficient (Wildman–Crippen LogP) is 3.59. The number of para-hydroxylation sites is 1. The summed E-state index contributed by atoms with van der Waals surface area (Å²) in [6.45, 7) is 3.15. The monoisotopic (exact) mass is 415 g/mol. The van der Waals surface area contributed by atoms with E-state index in [0.717, 1.165) is 44.5 Å². The normalized spacial score (nSPS) is 10.9. The van der Waals surface area contributed by atoms with Gasteiger partial charge < -0.3 is 10.5 Å². The Bertz CT molecular complexity index is 626. The SMILES string of the molecule is CCc1nn(C)c(COc2c(Br)cccc2CCN)c1Br. The summed E-state index contributed by atoms with van der Waals surface area (Å²) in [5, 5.41) is 4.48. The highest BCUT2D eigenvalue weighted by Crippen LogP contribution is 2.31. The molecule has 0 bridgehead atoms. The van der Waals surface area contributed by atoms with Crippen molar-refractivity contribution in [2.45, 2.75) is 26.4 Å². The maximum atomic E-state index is 6.03. The Balaban J connectivity index is 2.22. The molecule has 0 saturated heterocycles. The molecule has 1 aromatic heterocycles. The summed E-state index contributed by atoms with van der Waals surface area (Å²) in [5.74, 6) is 0.856. The zero-order valence-electron chi connectivity index (χ0n) is 12.2. The molecule has 2 N–H and O–H groups in total. The molecule has 114 valence electrons. The molecule has 0 unspecified atom stereocenters. The van der Waals surface area contributed by atoms with E-state index in [-0.39, 0.29) is 0 Å². The van der Waals surface area contributed by atoms with Crippen LogP contribution < -0.4 is 10.5 Å². The number of ether oxygens (including phenoxy) is 1. The number of aryl methyl sites for hydroxylation is 2. The minimum Gasteiger partial charge on any atom is -0.486 e. The van der Waals surface area contributed by atoms with Gasteiger partial charge in [0.2, 0.25) is 0 Å². The van der Waals surface area contributed by atoms with Crippen molar-refractivity contribution in [2.75, 3.05) is 6.54 Å². The summed E-state index contributed by atoms with van der Waals surface area (Å²) in [4.78, 5) is 0. The molecule has 0 radical (unpaired) electrons. The topological polar surface area (TPSA) is 53.1 Å². The van der Waals surface area contributed by atoms with Gasteiger partial charge in [-0.15, -0.1) is 0 Å². The zero-order chi connectivity index (χ0) is 15.4. The molecule has 1 aromatic carbocycles. The fraction of sp³-hybridized carbons (Fsp3) is 0.400. The average Bonchev–Trinajstić information content (AvgIpc) is 2.73. The van der Waals surface area contributed by atoms with Crippen LogP contribution >= 0.6 is 31.9 Å². The second-order valence-electron chi connectivity index (χ2n) is 4.74. The molecule has 0 atom stereocenters. The lowest BCUT2D eigenvalue weighted by Gasteiger charge is -2.13. The van der Waals surface area contributed by atoms with E-state index in [4.69, 9.17) is 10.5 Å². The van der Waals surface area contributed by atoms with Crippen molar-refractivity contribution < 1.29 is 4.74 Å². The first-order valence-corrected chi connectivity index (χ1v) is 8.47. The van der Waals surface area contributed by atoms with Crippen molar-refractivity contribution in [3.8, 4) is 5.75 Å². The Labute approximate surface area is 141 Å². The molecule has 0 aliphatic heterocycles. The third-order valence-electron chi connectivity index (χ3n) is 3.32. The van der Waals surface area contributed by atoms with E-state index in [1.165, 1.54) is 0 Å². The molecule has 0 aliphatic rings. The summed E-state index contributed by atoms with van der Waals surface area (Å²) in [5.41, 5.74) is 8.85. The lowest BCUT2D eigenvalue weighted by Crippen LogP contribution is -2.08. The third-order valence-corrected chi connectivity index (χ3v) is 4.86. The number of nitrogens with two attached hydrogens (primary N) is 1. The van der Waals surface area contributed by atoms with Crippen molar-refractivity contribution >= 4 is 31.9 Å². The van der Waals surface area contributed by atoms with Crippen molar-refractivity contribution in [1.82, 2.24) is 9.78 Å². The van der Waals surface area contributed by atoms with E-state index in [2.05, 4.69) is 43.9 Å². The van der Waals surface area contributed by atoms with Crippen LogP contribution in [0.3, 0.4) is 0 Å². The lowest BCUT2D eigenvalue weighted by molar-refractivity contribution is 0.289. The van der Waals surface area contributed by atoms with E-state index in [0.29, 0.717) is 13.2 Å². The van der Waals surface area contributed by atoms with Gasteiger partial charge in [-0.1, -0.05) is 19.1 Å². The van der Waals surface area contributed by atoms with Gasteiger partial charge in [-0.25, -0.2) is 0 Å². The first-order valence-electron chi connectivity index (χ1n) is 6.89. The highest BCUT2D eigenvalue weighted by Gasteiger charge is 2.15. The maximum absolute atomic E-state index is 6.03. The van der Waals surface area contributed by atoms with Crippen LogP contribution in [0.4, 0.5) is 0 Å². The van der Waals surface area contributed by atoms with Gasteiger partial charge in [0.1, 0.15) is 12.4 Å². The van der Waals surface area contributed by atoms with Crippen LogP contribution in [0.1, 0.15) is 23.9 Å². The van der Waals surface area contributed by atoms with Crippen molar-refractivity contribution in [3.05, 3.63) is 44.1 Å². The molecule has 4 nitrogen and oxygen atoms in total. The van der Waals surface area contributed by atoms with Crippen LogP contribution in [0.15, 0.2) is 27.1 Å². The minimum absolute atomic E-state index is 0.463. The number of aromatic nitrogens is 2. The Hall–Kier alpha value is -0.850. The summed E-state index contributed by atoms with van der Waals surface area (Å²) in [6.07, 6.45) is 1.68. The smallest absolute Gasteiger partial charge is 0.137 e. The lowest BCUT2D eigenvalue weighted by atomic mass is 10.1. The molecule has 0 spiro atoms. The number of nitrogens with zero attached hydrogens (tertiary/aromatic N) is 2. The van der Waals surface area contributed by atoms with Crippen LogP contribution in [0, 0.1) is 0 Å². The molecule has 2 aromatic rings. The van der Waals surface area contributed by atoms with Crippen LogP contribution in [-0.4, -0.2) is 16.3 Å². The van der Waals surface area contributed by atoms with Gasteiger partial charge in [-0.05, 0) is 62.9 Å². The van der Waals surface area contributed by atoms with Gasteiger partial charge in [0.05, 0.1) is 20.3 Å². The summed E-state index contributed by atoms with van der Waals surface area (Å²) in [7, 11) is 1.93. The number of hydrogen-bond acceptors (Lipinski definition) is 3. The molecular weight excluding hydrogens is 398 g/mol. The fourth-order valence-electron chi connectivity index (χ4n) is 2.18. The van der Waals surface area contributed by atoms with Crippen LogP contribution in [0.2, 0.25) is 0 Å². The van der Waals surface area contributed by atoms with Crippen LogP contribution in [0.5, 0.6) is 5.75 Å². The second kappa shape index (κ2) is 7.42. The first kappa shape index (κ1) is 16.5. The Morgan fingerprint density at radius 1 is 1.33 bits per heavy atom. The van der Waals surface area contributed by atoms with E-state index in [1.54, 1.807) is 0 Å². The fourth-order valence-corrected chi connectivity index (χ4v) is 3.44. The van der Waals surface area contributed by atoms with Gasteiger partial charge in [-0.2, -0.15) is 5.10 Å². The molecule has 2 rings (SSSR count). The number of halogens is 2. The van der Waals surface area contributed by atoms with Gasteiger partial charge >= 0.3 is 0 Å². The van der Waals surface area contributed by atoms with E-state index >= 15 is 0 Å². The third kappa shape index (κ3) is 3.67. The van der Waals surface area contributed by atoms with E-state index < -0.39 is 0 Å². The van der Waals surface area contributed by atoms with E-state index in [1.807, 2.05) is 29.9 Å². The highest BCUT2D eigenvalue weighted by molar-refractivity contribution is 9.10. The number of hydrogen-bond donors (Lipinski definition) is 1. The summed E-state index contributed by atoms with van der Waals surface area (Å²) >= 11 is 7.16. The van der Waals surface area contributed by atoms with Crippen molar-refractivity contribution in [3.63, 3.8) is 0 Å². The maximum Gasteiger partial charge on any atom is 0.137 e. The Morgan fingerprint density at radius 2 is 2.10 bits per heavy atom. The van der Waals surface area contributed by atoms with Gasteiger partial charge in [-0.3, -0.25) is 4.68 Å². The second-order valence-corrected chi connectivity index (χ2v) is 6.39. The molecule has 0 saturated carbocycles. The quantitative estimate of drug-likeness (QED) is 0.782. The molecule has 0 amide bonds. The average molecular weight is 417 g/mol. The van der Waals surface area contributed by atoms with Crippen LogP contribution in [0.25, 0.3) is 0 Å². The summed E-state index contributed by atoms with van der Waals surface area (Å²) in [6, 6.07) is 6.02. The molecule has 6 heteroatoms. The van der Waals surface area contributed by atoms with Gasteiger partial charge in [0.15, 0.2) is 0 Å². The Morgan fingerprint density at radius 3 is 2.71 bits per heavy atom. The molecule has 21 heavy (non-hydrogen) atoms. The van der Waals surface area contributed by atoms with Gasteiger partial charge in [0.25, 0.3) is 0 Å². The van der Waals surface area contributed by atoms with Crippen molar-refractivity contribution in [2.24, 2.45) is 12.8 Å². The highest BCUT2D eigenvalue weighted by atomic mass is 79.9. The number of rotatable bonds is 6. The zero-order valence-corrected chi connectivity index (χ0v) is 15.4. The predicted molar refractivity (Wildman–Crippen MR) is 91.5 cm³/mol. The van der Waals surface area contributed by atoms with Crippen molar-refractivity contribution in [1.29, 1.82) is 0 Å². The minimum atomic E-state index is 0.463. The molecule has 1 heterocycles. The van der Waals surface area contributed by atoms with E-state index in [9.17, 15) is 0 Å². The molecular formula is C15H19Br2N3O. The largest absolute Gasteiger partial charge is 0.486 e. The number of benzene rings is 1. The molecule has 0 aliphatic carbocycles. The molecule has 0 fully saturated rings. The standard InChI is InChI=1S/C15H19Br2N3O/c1-3-12-14(17)13(20(2)19-12)9-21-15-10(7-8-18)5-4-6-11(15)16/h4-6H,3,7-9,18H2,1-2H3. The van der Waals surface area contributed by atoms with Crippen LogP contribution in [-0.2, 0) is 26.5 Å². The van der Waals surface area contributed by atoms with Gasteiger partial charge in [0, 0.05) is 7.05 Å². The first-order chi connectivity index (χ1) is 10.1. The summed E-state index contributed by atoms with van der Waals surface area (Å²) < 4.78 is 9.87. The Kier molecular flexibility index (Phi) is 5.84.